The Balaban J connectivity index is 1.35. The van der Waals surface area contributed by atoms with Crippen LogP contribution in [0, 0.1) is 11.3 Å². The Labute approximate surface area is 326 Å². The second-order valence-electron chi connectivity index (χ2n) is 18.3. The van der Waals surface area contributed by atoms with Gasteiger partial charge in [-0.2, -0.15) is 0 Å². The van der Waals surface area contributed by atoms with E-state index in [4.69, 9.17) is 10.5 Å². The summed E-state index contributed by atoms with van der Waals surface area (Å²) in [6.07, 6.45) is 5.97. The molecular weight excluding hydrogens is 725 g/mol. The third-order valence-corrected chi connectivity index (χ3v) is 14.5. The summed E-state index contributed by atoms with van der Waals surface area (Å²) in [5.74, 6) is -3.15. The number of urea groups is 1. The van der Waals surface area contributed by atoms with Gasteiger partial charge in [-0.15, -0.1) is 0 Å². The van der Waals surface area contributed by atoms with Gasteiger partial charge in [0.1, 0.15) is 12.1 Å². The number of primary amides is 1. The number of nitrogens with zero attached hydrogens (tertiary/aromatic N) is 2. The standard InChI is InChI=1S/C40H62N6O8S/c1-38(2,3)33(43-37(51)44-40(17-10-7-11-18-40)24-55(52,53)39(4,5)6)36(50)46-23-29(54-25-45-19-16-27-12-8-9-13-28(27)22-45)21-31(46)35(49)42-30(20-26-14-15-26)32(47)34(41)48/h8-9,12-13,26,29-31,33H,7,10-11,14-25H2,1-6H3,(H2,41,48)(H,42,49)(H2,43,44,51)/t29-,30?,31?,33?/m1/s1. The molecule has 2 aliphatic heterocycles. The van der Waals surface area contributed by atoms with Crippen molar-refractivity contribution in [2.75, 3.05) is 25.6 Å². The second-order valence-corrected chi connectivity index (χ2v) is 21.1. The minimum Gasteiger partial charge on any atom is -0.363 e. The van der Waals surface area contributed by atoms with E-state index in [0.29, 0.717) is 19.4 Å². The number of carbonyl (C=O) groups is 5. The van der Waals surface area contributed by atoms with Crippen LogP contribution in [0.1, 0.15) is 110 Å². The number of likely N-dealkylation sites (tertiary alicyclic amines) is 1. The quantitative estimate of drug-likeness (QED) is 0.205. The van der Waals surface area contributed by atoms with Gasteiger partial charge < -0.3 is 31.3 Å². The normalized spacial score (nSPS) is 22.9. The molecule has 0 bridgehead atoms. The first kappa shape index (κ1) is 42.6. The summed E-state index contributed by atoms with van der Waals surface area (Å²) in [6, 6.07) is 4.32. The fraction of sp³-hybridized carbons (Fsp3) is 0.725. The zero-order chi connectivity index (χ0) is 40.3. The zero-order valence-electron chi connectivity index (χ0n) is 33.4. The fourth-order valence-electron chi connectivity index (χ4n) is 7.98. The first-order chi connectivity index (χ1) is 25.7. The molecule has 5 amide bonds. The third kappa shape index (κ3) is 10.9. The van der Waals surface area contributed by atoms with Gasteiger partial charge in [0.2, 0.25) is 17.6 Å². The van der Waals surface area contributed by atoms with E-state index in [1.54, 1.807) is 41.5 Å². The Morgan fingerprint density at radius 3 is 2.22 bits per heavy atom. The van der Waals surface area contributed by atoms with Crippen molar-refractivity contribution in [3.8, 4) is 0 Å². The van der Waals surface area contributed by atoms with Crippen molar-refractivity contribution in [2.24, 2.45) is 17.1 Å². The molecule has 2 saturated carbocycles. The second kappa shape index (κ2) is 16.9. The Bertz CT molecular complexity index is 1710. The van der Waals surface area contributed by atoms with E-state index in [1.165, 1.54) is 16.0 Å². The van der Waals surface area contributed by atoms with Crippen LogP contribution in [0.2, 0.25) is 0 Å². The molecule has 4 aliphatic rings. The smallest absolute Gasteiger partial charge is 0.315 e. The van der Waals surface area contributed by atoms with E-state index < -0.39 is 79.3 Å². The van der Waals surface area contributed by atoms with Crippen LogP contribution in [0.15, 0.2) is 24.3 Å². The molecule has 1 aromatic carbocycles. The number of hydrogen-bond acceptors (Lipinski definition) is 9. The minimum atomic E-state index is -3.60. The maximum absolute atomic E-state index is 14.7. The van der Waals surface area contributed by atoms with Crippen LogP contribution in [0.5, 0.6) is 0 Å². The first-order valence-corrected chi connectivity index (χ1v) is 21.5. The minimum absolute atomic E-state index is 0.0576. The number of carbonyl (C=O) groups excluding carboxylic acids is 5. The summed E-state index contributed by atoms with van der Waals surface area (Å²) in [5, 5.41) is 8.61. The number of sulfone groups is 1. The summed E-state index contributed by atoms with van der Waals surface area (Å²) in [6.45, 7) is 12.2. The molecule has 3 fully saturated rings. The lowest BCUT2D eigenvalue weighted by molar-refractivity contribution is -0.143. The molecular formula is C40H62N6O8S. The average molecular weight is 787 g/mol. The average Bonchev–Trinajstić information content (AvgIpc) is 3.82. The van der Waals surface area contributed by atoms with Crippen LogP contribution >= 0.6 is 0 Å². The molecule has 4 atom stereocenters. The topological polar surface area (TPSA) is 197 Å². The Morgan fingerprint density at radius 1 is 0.964 bits per heavy atom. The maximum Gasteiger partial charge on any atom is 0.315 e. The number of Topliss-reactive ketones (excluding diaryl/α,β-unsaturated/α-hetero) is 1. The lowest BCUT2D eigenvalue weighted by Crippen LogP contribution is -2.63. The van der Waals surface area contributed by atoms with Gasteiger partial charge in [0, 0.05) is 26.1 Å². The van der Waals surface area contributed by atoms with E-state index in [1.807, 2.05) is 12.1 Å². The van der Waals surface area contributed by atoms with Crippen LogP contribution in [0.25, 0.3) is 0 Å². The maximum atomic E-state index is 14.7. The molecule has 306 valence electrons. The predicted molar refractivity (Wildman–Crippen MR) is 208 cm³/mol. The molecule has 1 aromatic rings. The first-order valence-electron chi connectivity index (χ1n) is 19.8. The molecule has 15 heteroatoms. The Kier molecular flexibility index (Phi) is 13.1. The molecule has 5 rings (SSSR count). The van der Waals surface area contributed by atoms with Crippen LogP contribution in [-0.2, 0) is 46.7 Å². The monoisotopic (exact) mass is 786 g/mol. The Morgan fingerprint density at radius 2 is 1.62 bits per heavy atom. The molecule has 1 saturated heterocycles. The van der Waals surface area contributed by atoms with Gasteiger partial charge in [0.15, 0.2) is 9.84 Å². The van der Waals surface area contributed by atoms with Gasteiger partial charge in [-0.3, -0.25) is 24.1 Å². The lowest BCUT2D eigenvalue weighted by atomic mass is 9.83. The summed E-state index contributed by atoms with van der Waals surface area (Å²) in [4.78, 5) is 70.9. The summed E-state index contributed by atoms with van der Waals surface area (Å²) >= 11 is 0. The molecule has 2 aliphatic carbocycles. The molecule has 2 heterocycles. The van der Waals surface area contributed by atoms with E-state index in [2.05, 4.69) is 33.0 Å². The van der Waals surface area contributed by atoms with E-state index in [-0.39, 0.29) is 37.8 Å². The van der Waals surface area contributed by atoms with Gasteiger partial charge in [-0.1, -0.05) is 77.1 Å². The number of ketones is 1. The number of rotatable bonds is 14. The highest BCUT2D eigenvalue weighted by Crippen LogP contribution is 2.35. The van der Waals surface area contributed by atoms with E-state index in [0.717, 1.165) is 45.1 Å². The van der Waals surface area contributed by atoms with E-state index >= 15 is 0 Å². The number of benzene rings is 1. The van der Waals surface area contributed by atoms with Crippen molar-refractivity contribution in [1.29, 1.82) is 0 Å². The van der Waals surface area contributed by atoms with Gasteiger partial charge in [0.05, 0.1) is 34.9 Å². The number of nitrogens with two attached hydrogens (primary N) is 1. The van der Waals surface area contributed by atoms with Crippen LogP contribution in [-0.4, -0.2) is 108 Å². The van der Waals surface area contributed by atoms with Crippen LogP contribution in [0.3, 0.4) is 0 Å². The molecule has 0 spiro atoms. The fourth-order valence-corrected chi connectivity index (χ4v) is 9.50. The van der Waals surface area contributed by atoms with Crippen molar-refractivity contribution in [3.05, 3.63) is 35.4 Å². The largest absolute Gasteiger partial charge is 0.363 e. The highest BCUT2D eigenvalue weighted by atomic mass is 32.2. The number of hydrogen-bond donors (Lipinski definition) is 4. The van der Waals surface area contributed by atoms with Crippen LogP contribution in [0.4, 0.5) is 4.79 Å². The van der Waals surface area contributed by atoms with E-state index in [9.17, 15) is 32.4 Å². The Hall–Kier alpha value is -3.56. The highest BCUT2D eigenvalue weighted by Gasteiger charge is 2.48. The molecule has 5 N–H and O–H groups in total. The van der Waals surface area contributed by atoms with Crippen molar-refractivity contribution in [3.63, 3.8) is 0 Å². The van der Waals surface area contributed by atoms with Gasteiger partial charge >= 0.3 is 6.03 Å². The van der Waals surface area contributed by atoms with Crippen molar-refractivity contribution in [2.45, 2.75) is 147 Å². The lowest BCUT2D eigenvalue weighted by Gasteiger charge is -2.41. The molecule has 0 aromatic heterocycles. The van der Waals surface area contributed by atoms with Crippen molar-refractivity contribution >= 4 is 39.4 Å². The summed E-state index contributed by atoms with van der Waals surface area (Å²) in [7, 11) is -3.60. The van der Waals surface area contributed by atoms with Gasteiger partial charge in [0.25, 0.3) is 5.91 Å². The summed E-state index contributed by atoms with van der Waals surface area (Å²) < 4.78 is 32.2. The highest BCUT2D eigenvalue weighted by molar-refractivity contribution is 7.92. The van der Waals surface area contributed by atoms with Crippen molar-refractivity contribution in [1.82, 2.24) is 25.8 Å². The number of ether oxygens (including phenoxy) is 1. The third-order valence-electron chi connectivity index (χ3n) is 11.7. The van der Waals surface area contributed by atoms with Crippen molar-refractivity contribution < 1.29 is 37.1 Å². The zero-order valence-corrected chi connectivity index (χ0v) is 34.3. The summed E-state index contributed by atoms with van der Waals surface area (Å²) in [5.41, 5.74) is 6.06. The molecule has 0 radical (unpaired) electrons. The predicted octanol–water partition coefficient (Wildman–Crippen LogP) is 2.96. The molecule has 3 unspecified atom stereocenters. The SMILES string of the molecule is CC(C)(C)C(NC(=O)NC1(CS(=O)(=O)C(C)(C)C)CCCCC1)C(=O)N1C[C@H](OCN2CCc3ccccc3C2)CC1C(=O)NC(CC1CC1)C(=O)C(N)=O. The van der Waals surface area contributed by atoms with Crippen LogP contribution < -0.4 is 21.7 Å². The number of fused-ring (bicyclic) bond motifs is 1. The van der Waals surface area contributed by atoms with Gasteiger partial charge in [-0.25, -0.2) is 13.2 Å². The van der Waals surface area contributed by atoms with Gasteiger partial charge in [-0.05, 0) is 68.9 Å². The molecule has 14 nitrogen and oxygen atoms in total. The number of nitrogens with one attached hydrogen (secondary N) is 3. The molecule has 55 heavy (non-hydrogen) atoms. The number of amides is 5.